The summed E-state index contributed by atoms with van der Waals surface area (Å²) in [5.41, 5.74) is 8.69. The zero-order valence-electron chi connectivity index (χ0n) is 17.5. The van der Waals surface area contributed by atoms with Crippen molar-refractivity contribution in [1.29, 1.82) is 0 Å². The molecule has 1 unspecified atom stereocenters. The number of benzene rings is 2. The van der Waals surface area contributed by atoms with Crippen molar-refractivity contribution in [2.24, 2.45) is 11.8 Å². The van der Waals surface area contributed by atoms with Crippen molar-refractivity contribution >= 4 is 23.2 Å². The van der Waals surface area contributed by atoms with Crippen molar-refractivity contribution in [3.05, 3.63) is 69.8 Å². The number of carbonyl (C=O) groups excluding carboxylic acids is 2. The van der Waals surface area contributed by atoms with E-state index in [4.69, 9.17) is 0 Å². The number of carbonyl (C=O) groups is 2. The molecule has 2 aromatic rings. The third-order valence-corrected chi connectivity index (χ3v) is 5.44. The van der Waals surface area contributed by atoms with Gasteiger partial charge in [-0.25, -0.2) is 0 Å². The third-order valence-electron chi connectivity index (χ3n) is 5.44. The third kappa shape index (κ3) is 3.72. The molecular formula is C24H28N2O2. The largest absolute Gasteiger partial charge is 0.325 e. The van der Waals surface area contributed by atoms with Gasteiger partial charge in [0.15, 0.2) is 0 Å². The van der Waals surface area contributed by atoms with Crippen LogP contribution in [0, 0.1) is 53.4 Å². The van der Waals surface area contributed by atoms with Crippen LogP contribution in [0.4, 0.5) is 11.4 Å². The fourth-order valence-electron chi connectivity index (χ4n) is 4.11. The molecule has 1 aliphatic rings. The van der Waals surface area contributed by atoms with E-state index in [1.165, 1.54) is 0 Å². The molecule has 1 aliphatic carbocycles. The summed E-state index contributed by atoms with van der Waals surface area (Å²) in [6.07, 6.45) is 0. The highest BCUT2D eigenvalue weighted by atomic mass is 16.2. The van der Waals surface area contributed by atoms with Crippen LogP contribution >= 0.6 is 0 Å². The van der Waals surface area contributed by atoms with E-state index in [9.17, 15) is 9.59 Å². The predicted octanol–water partition coefficient (Wildman–Crippen LogP) is 4.92. The Labute approximate surface area is 167 Å². The van der Waals surface area contributed by atoms with Gasteiger partial charge in [0.05, 0.1) is 11.8 Å². The average molecular weight is 377 g/mol. The van der Waals surface area contributed by atoms with E-state index in [0.29, 0.717) is 5.57 Å². The van der Waals surface area contributed by atoms with Gasteiger partial charge in [0.2, 0.25) is 11.8 Å². The fraction of sp³-hybridized carbons (Fsp3) is 0.333. The van der Waals surface area contributed by atoms with E-state index in [2.05, 4.69) is 17.2 Å². The lowest BCUT2D eigenvalue weighted by Gasteiger charge is -2.14. The Morgan fingerprint density at radius 1 is 0.679 bits per heavy atom. The number of hydrogen-bond donors (Lipinski definition) is 2. The Morgan fingerprint density at radius 3 is 1.25 bits per heavy atom. The van der Waals surface area contributed by atoms with E-state index in [0.717, 1.165) is 44.8 Å². The van der Waals surface area contributed by atoms with Crippen LogP contribution < -0.4 is 10.6 Å². The maximum atomic E-state index is 12.8. The van der Waals surface area contributed by atoms with Gasteiger partial charge in [-0.2, -0.15) is 0 Å². The maximum Gasteiger partial charge on any atom is 0.232 e. The van der Waals surface area contributed by atoms with Crippen LogP contribution in [0.25, 0.3) is 0 Å². The van der Waals surface area contributed by atoms with E-state index in [1.807, 2.05) is 65.8 Å². The van der Waals surface area contributed by atoms with Crippen LogP contribution in [0.2, 0.25) is 0 Å². The predicted molar refractivity (Wildman–Crippen MR) is 115 cm³/mol. The van der Waals surface area contributed by atoms with E-state index < -0.39 is 11.8 Å². The standard InChI is InChI=1S/C24H28N2O2/c1-12-8-14(3)21(15(4)9-12)25-23(27)19-18(7)20(19)24(28)26-22-16(5)10-13(2)11-17(22)6/h8-11,19-20H,7H2,1-6H3,(H,25,27)(H,26,28)/t19-,20?/m1/s1. The second kappa shape index (κ2) is 7.27. The summed E-state index contributed by atoms with van der Waals surface area (Å²) in [7, 11) is 0. The highest BCUT2D eigenvalue weighted by Crippen LogP contribution is 2.46. The number of nitrogens with one attached hydrogen (secondary N) is 2. The minimum atomic E-state index is -0.480. The van der Waals surface area contributed by atoms with Gasteiger partial charge in [0, 0.05) is 11.4 Å². The molecule has 1 saturated carbocycles. The summed E-state index contributed by atoms with van der Waals surface area (Å²) in [6.45, 7) is 15.9. The minimum Gasteiger partial charge on any atom is -0.325 e. The van der Waals surface area contributed by atoms with Gasteiger partial charge in [-0.15, -0.1) is 0 Å². The quantitative estimate of drug-likeness (QED) is 0.745. The molecule has 0 heterocycles. The Bertz CT molecular complexity index is 878. The number of rotatable bonds is 4. The number of amides is 2. The number of hydrogen-bond acceptors (Lipinski definition) is 2. The molecule has 0 spiro atoms. The number of anilines is 2. The molecule has 2 atom stereocenters. The molecule has 2 aromatic carbocycles. The molecule has 0 radical (unpaired) electrons. The molecule has 4 nitrogen and oxygen atoms in total. The van der Waals surface area contributed by atoms with Crippen LogP contribution in [0.15, 0.2) is 36.4 Å². The zero-order valence-corrected chi connectivity index (χ0v) is 17.5. The summed E-state index contributed by atoms with van der Waals surface area (Å²) >= 11 is 0. The Balaban J connectivity index is 1.72. The van der Waals surface area contributed by atoms with Crippen molar-refractivity contribution in [1.82, 2.24) is 0 Å². The molecule has 2 amide bonds. The topological polar surface area (TPSA) is 58.2 Å². The summed E-state index contributed by atoms with van der Waals surface area (Å²) < 4.78 is 0. The lowest BCUT2D eigenvalue weighted by molar-refractivity contribution is -0.122. The number of aryl methyl sites for hydroxylation is 6. The van der Waals surface area contributed by atoms with Crippen molar-refractivity contribution in [2.75, 3.05) is 10.6 Å². The van der Waals surface area contributed by atoms with Crippen molar-refractivity contribution in [3.63, 3.8) is 0 Å². The van der Waals surface area contributed by atoms with Crippen molar-refractivity contribution in [2.45, 2.75) is 41.5 Å². The van der Waals surface area contributed by atoms with Gasteiger partial charge in [0.25, 0.3) is 0 Å². The van der Waals surface area contributed by atoms with Crippen LogP contribution in [-0.4, -0.2) is 11.8 Å². The van der Waals surface area contributed by atoms with Gasteiger partial charge in [0.1, 0.15) is 0 Å². The van der Waals surface area contributed by atoms with Gasteiger partial charge < -0.3 is 10.6 Å². The monoisotopic (exact) mass is 376 g/mol. The molecule has 3 rings (SSSR count). The zero-order chi connectivity index (χ0) is 20.7. The Kier molecular flexibility index (Phi) is 5.16. The molecular weight excluding hydrogens is 348 g/mol. The normalized spacial score (nSPS) is 18.0. The molecule has 2 N–H and O–H groups in total. The lowest BCUT2D eigenvalue weighted by Crippen LogP contribution is -2.22. The van der Waals surface area contributed by atoms with E-state index >= 15 is 0 Å². The minimum absolute atomic E-state index is 0.169. The molecule has 0 aliphatic heterocycles. The highest BCUT2D eigenvalue weighted by molar-refractivity contribution is 6.08. The highest BCUT2D eigenvalue weighted by Gasteiger charge is 2.52. The lowest BCUT2D eigenvalue weighted by atomic mass is 10.0. The molecule has 146 valence electrons. The molecule has 4 heteroatoms. The van der Waals surface area contributed by atoms with Crippen molar-refractivity contribution in [3.8, 4) is 0 Å². The van der Waals surface area contributed by atoms with Crippen LogP contribution in [0.1, 0.15) is 33.4 Å². The van der Waals surface area contributed by atoms with E-state index in [1.54, 1.807) is 0 Å². The molecule has 0 bridgehead atoms. The van der Waals surface area contributed by atoms with Gasteiger partial charge in [-0.3, -0.25) is 9.59 Å². The maximum absolute atomic E-state index is 12.8. The second-order valence-electron chi connectivity index (χ2n) is 8.06. The van der Waals surface area contributed by atoms with Gasteiger partial charge >= 0.3 is 0 Å². The molecule has 0 aromatic heterocycles. The SMILES string of the molecule is C=C1C(C(=O)Nc2c(C)cc(C)cc2C)[C@@H]1C(=O)Nc1c(C)cc(C)cc1C. The molecule has 28 heavy (non-hydrogen) atoms. The van der Waals surface area contributed by atoms with Crippen molar-refractivity contribution < 1.29 is 9.59 Å². The summed E-state index contributed by atoms with van der Waals surface area (Å²) in [4.78, 5) is 25.5. The average Bonchev–Trinajstić information content (AvgIpc) is 3.25. The first-order valence-corrected chi connectivity index (χ1v) is 9.56. The Morgan fingerprint density at radius 2 is 0.964 bits per heavy atom. The first kappa shape index (κ1) is 19.9. The first-order chi connectivity index (χ1) is 13.1. The summed E-state index contributed by atoms with van der Waals surface area (Å²) in [5.74, 6) is -1.30. The first-order valence-electron chi connectivity index (χ1n) is 9.56. The van der Waals surface area contributed by atoms with Crippen LogP contribution in [0.5, 0.6) is 0 Å². The van der Waals surface area contributed by atoms with Gasteiger partial charge in [-0.1, -0.05) is 47.5 Å². The second-order valence-corrected chi connectivity index (χ2v) is 8.06. The molecule has 0 saturated heterocycles. The van der Waals surface area contributed by atoms with Crippen LogP contribution in [-0.2, 0) is 9.59 Å². The Hall–Kier alpha value is -2.88. The van der Waals surface area contributed by atoms with Crippen LogP contribution in [0.3, 0.4) is 0 Å². The smallest absolute Gasteiger partial charge is 0.232 e. The fourth-order valence-corrected chi connectivity index (χ4v) is 4.11. The van der Waals surface area contributed by atoms with Gasteiger partial charge in [-0.05, 0) is 63.8 Å². The summed E-state index contributed by atoms with van der Waals surface area (Å²) in [6, 6.07) is 8.16. The summed E-state index contributed by atoms with van der Waals surface area (Å²) in [5, 5.41) is 5.99. The molecule has 1 fully saturated rings. The van der Waals surface area contributed by atoms with E-state index in [-0.39, 0.29) is 11.8 Å².